The van der Waals surface area contributed by atoms with E-state index in [0.717, 1.165) is 10.6 Å². The number of hydrogen-bond acceptors (Lipinski definition) is 4. The highest BCUT2D eigenvalue weighted by molar-refractivity contribution is 6.21. The Hall–Kier alpha value is -3.35. The minimum Gasteiger partial charge on any atom is -0.378 e. The number of nitrogens with one attached hydrogen (secondary N) is 2. The fourth-order valence-corrected chi connectivity index (χ4v) is 2.74. The lowest BCUT2D eigenvalue weighted by Crippen LogP contribution is -2.39. The van der Waals surface area contributed by atoms with Crippen molar-refractivity contribution >= 4 is 29.2 Å². The van der Waals surface area contributed by atoms with E-state index >= 15 is 0 Å². The quantitative estimate of drug-likeness (QED) is 0.808. The molecule has 0 spiro atoms. The van der Waals surface area contributed by atoms with E-state index in [1.54, 1.807) is 36.4 Å². The Kier molecular flexibility index (Phi) is 4.88. The Morgan fingerprint density at radius 2 is 1.54 bits per heavy atom. The maximum atomic E-state index is 12.2. The number of carbonyl (C=O) groups excluding carboxylic acids is 3. The third-order valence-corrected chi connectivity index (χ3v) is 4.14. The first-order valence-electron chi connectivity index (χ1n) is 8.25. The monoisotopic (exact) mass is 352 g/mol. The highest BCUT2D eigenvalue weighted by Crippen LogP contribution is 2.21. The van der Waals surface area contributed by atoms with Gasteiger partial charge in [-0.05, 0) is 36.4 Å². The van der Waals surface area contributed by atoms with Gasteiger partial charge in [0.1, 0.15) is 0 Å². The van der Waals surface area contributed by atoms with E-state index in [9.17, 15) is 14.4 Å². The van der Waals surface area contributed by atoms with Gasteiger partial charge < -0.3 is 15.5 Å². The number of rotatable bonds is 5. The van der Waals surface area contributed by atoms with Gasteiger partial charge in [0.2, 0.25) is 0 Å². The van der Waals surface area contributed by atoms with E-state index in [4.69, 9.17) is 0 Å². The first-order valence-corrected chi connectivity index (χ1v) is 8.25. The molecule has 1 aliphatic heterocycles. The van der Waals surface area contributed by atoms with Crippen LogP contribution in [0.15, 0.2) is 48.5 Å². The lowest BCUT2D eigenvalue weighted by Gasteiger charge is -2.15. The number of amides is 4. The average Bonchev–Trinajstić information content (AvgIpc) is 2.87. The Balaban J connectivity index is 1.50. The van der Waals surface area contributed by atoms with Gasteiger partial charge in [0.15, 0.2) is 0 Å². The standard InChI is InChI=1S/C19H20N4O3/c1-22(2)14-9-7-13(8-10-14)21-19(26)20-11-12-23-17(24)15-5-3-4-6-16(15)18(23)25/h3-10H,11-12H2,1-2H3,(H2,20,21,26). The van der Waals surface area contributed by atoms with Gasteiger partial charge in [0, 0.05) is 38.6 Å². The molecule has 0 atom stereocenters. The van der Waals surface area contributed by atoms with Crippen molar-refractivity contribution in [3.05, 3.63) is 59.7 Å². The maximum absolute atomic E-state index is 12.2. The van der Waals surface area contributed by atoms with E-state index in [-0.39, 0.29) is 30.9 Å². The van der Waals surface area contributed by atoms with Crippen molar-refractivity contribution < 1.29 is 14.4 Å². The Labute approximate surface area is 151 Å². The molecule has 7 nitrogen and oxygen atoms in total. The van der Waals surface area contributed by atoms with Gasteiger partial charge in [-0.1, -0.05) is 12.1 Å². The minimum absolute atomic E-state index is 0.124. The molecule has 0 radical (unpaired) electrons. The molecule has 2 aromatic carbocycles. The highest BCUT2D eigenvalue weighted by atomic mass is 16.2. The number of carbonyl (C=O) groups is 3. The van der Waals surface area contributed by atoms with Crippen molar-refractivity contribution in [1.82, 2.24) is 10.2 Å². The minimum atomic E-state index is -0.390. The van der Waals surface area contributed by atoms with Crippen molar-refractivity contribution in [3.8, 4) is 0 Å². The number of nitrogens with zero attached hydrogens (tertiary/aromatic N) is 2. The zero-order chi connectivity index (χ0) is 18.7. The molecule has 0 saturated carbocycles. The summed E-state index contributed by atoms with van der Waals surface area (Å²) in [5, 5.41) is 5.37. The maximum Gasteiger partial charge on any atom is 0.319 e. The van der Waals surface area contributed by atoms with Crippen LogP contribution in [0.4, 0.5) is 16.2 Å². The average molecular weight is 352 g/mol. The van der Waals surface area contributed by atoms with Crippen molar-refractivity contribution in [2.45, 2.75) is 0 Å². The third-order valence-electron chi connectivity index (χ3n) is 4.14. The molecule has 2 aromatic rings. The van der Waals surface area contributed by atoms with Crippen LogP contribution in [0.1, 0.15) is 20.7 Å². The second-order valence-electron chi connectivity index (χ2n) is 6.13. The van der Waals surface area contributed by atoms with E-state index in [0.29, 0.717) is 16.8 Å². The molecule has 1 aliphatic rings. The van der Waals surface area contributed by atoms with Crippen LogP contribution in [0.3, 0.4) is 0 Å². The molecule has 3 rings (SSSR count). The van der Waals surface area contributed by atoms with Gasteiger partial charge in [0.05, 0.1) is 11.1 Å². The SMILES string of the molecule is CN(C)c1ccc(NC(=O)NCCN2C(=O)c3ccccc3C2=O)cc1. The summed E-state index contributed by atoms with van der Waals surface area (Å²) < 4.78 is 0. The Morgan fingerprint density at radius 1 is 0.962 bits per heavy atom. The van der Waals surface area contributed by atoms with Crippen LogP contribution in [-0.2, 0) is 0 Å². The van der Waals surface area contributed by atoms with Crippen LogP contribution in [0.5, 0.6) is 0 Å². The zero-order valence-electron chi connectivity index (χ0n) is 14.7. The van der Waals surface area contributed by atoms with Crippen LogP contribution >= 0.6 is 0 Å². The molecule has 4 amide bonds. The Morgan fingerprint density at radius 3 is 2.08 bits per heavy atom. The first kappa shape index (κ1) is 17.5. The van der Waals surface area contributed by atoms with Gasteiger partial charge in [-0.25, -0.2) is 4.79 Å². The molecule has 0 fully saturated rings. The number of urea groups is 1. The number of benzene rings is 2. The van der Waals surface area contributed by atoms with Gasteiger partial charge in [-0.15, -0.1) is 0 Å². The predicted octanol–water partition coefficient (Wildman–Crippen LogP) is 2.17. The summed E-state index contributed by atoms with van der Waals surface area (Å²) in [6.07, 6.45) is 0. The molecule has 26 heavy (non-hydrogen) atoms. The van der Waals surface area contributed by atoms with E-state index in [2.05, 4.69) is 10.6 Å². The molecule has 0 aliphatic carbocycles. The summed E-state index contributed by atoms with van der Waals surface area (Å²) in [7, 11) is 3.88. The second-order valence-corrected chi connectivity index (χ2v) is 6.13. The topological polar surface area (TPSA) is 81.8 Å². The zero-order valence-corrected chi connectivity index (χ0v) is 14.7. The summed E-state index contributed by atoms with van der Waals surface area (Å²) in [5.74, 6) is -0.654. The molecule has 0 aromatic heterocycles. The number of anilines is 2. The Bertz CT molecular complexity index is 811. The molecule has 1 heterocycles. The van der Waals surface area contributed by atoms with Crippen molar-refractivity contribution in [1.29, 1.82) is 0 Å². The van der Waals surface area contributed by atoms with Gasteiger partial charge in [-0.3, -0.25) is 14.5 Å². The normalized spacial score (nSPS) is 12.8. The van der Waals surface area contributed by atoms with Crippen LogP contribution in [0, 0.1) is 0 Å². The van der Waals surface area contributed by atoms with Crippen LogP contribution in [0.25, 0.3) is 0 Å². The van der Waals surface area contributed by atoms with Crippen molar-refractivity contribution in [2.75, 3.05) is 37.4 Å². The summed E-state index contributed by atoms with van der Waals surface area (Å²) in [5.41, 5.74) is 2.50. The molecular weight excluding hydrogens is 332 g/mol. The van der Waals surface area contributed by atoms with Crippen molar-refractivity contribution in [2.24, 2.45) is 0 Å². The largest absolute Gasteiger partial charge is 0.378 e. The summed E-state index contributed by atoms with van der Waals surface area (Å²) in [6, 6.07) is 13.7. The van der Waals surface area contributed by atoms with Crippen molar-refractivity contribution in [3.63, 3.8) is 0 Å². The summed E-state index contributed by atoms with van der Waals surface area (Å²) in [6.45, 7) is 0.298. The molecule has 0 saturated heterocycles. The fourth-order valence-electron chi connectivity index (χ4n) is 2.74. The van der Waals surface area contributed by atoms with Gasteiger partial charge in [-0.2, -0.15) is 0 Å². The fraction of sp³-hybridized carbons (Fsp3) is 0.211. The lowest BCUT2D eigenvalue weighted by atomic mass is 10.1. The van der Waals surface area contributed by atoms with Crippen LogP contribution < -0.4 is 15.5 Å². The third kappa shape index (κ3) is 3.51. The smallest absolute Gasteiger partial charge is 0.319 e. The number of hydrogen-bond donors (Lipinski definition) is 2. The van der Waals surface area contributed by atoms with Gasteiger partial charge >= 0.3 is 6.03 Å². The summed E-state index contributed by atoms with van der Waals surface area (Å²) in [4.78, 5) is 39.5. The molecule has 0 bridgehead atoms. The lowest BCUT2D eigenvalue weighted by molar-refractivity contribution is 0.0656. The molecule has 2 N–H and O–H groups in total. The molecule has 7 heteroatoms. The van der Waals surface area contributed by atoms with Crippen LogP contribution in [-0.4, -0.2) is 49.9 Å². The van der Waals surface area contributed by atoms with E-state index in [1.165, 1.54) is 0 Å². The molecular formula is C19H20N4O3. The highest BCUT2D eigenvalue weighted by Gasteiger charge is 2.34. The number of imide groups is 1. The van der Waals surface area contributed by atoms with Crippen LogP contribution in [0.2, 0.25) is 0 Å². The number of fused-ring (bicyclic) bond motifs is 1. The van der Waals surface area contributed by atoms with E-state index < -0.39 is 0 Å². The van der Waals surface area contributed by atoms with Gasteiger partial charge in [0.25, 0.3) is 11.8 Å². The summed E-state index contributed by atoms with van der Waals surface area (Å²) >= 11 is 0. The molecule has 0 unspecified atom stereocenters. The first-order chi connectivity index (χ1) is 12.5. The van der Waals surface area contributed by atoms with E-state index in [1.807, 2.05) is 31.1 Å². The molecule has 134 valence electrons. The predicted molar refractivity (Wildman–Crippen MR) is 99.6 cm³/mol. The second kappa shape index (κ2) is 7.26.